The van der Waals surface area contributed by atoms with E-state index in [9.17, 15) is 0 Å². The van der Waals surface area contributed by atoms with Gasteiger partial charge >= 0.3 is 42.5 Å². The molecule has 4 heteroatoms. The Bertz CT molecular complexity index is 17.0. The molecule has 0 fully saturated rings. The maximum atomic E-state index is 7.94. The Morgan fingerprint density at radius 2 is 2.17 bits per heavy atom. The summed E-state index contributed by atoms with van der Waals surface area (Å²) in [7, 11) is 0. The summed E-state index contributed by atoms with van der Waals surface area (Å²) < 4.78 is 4.44. The van der Waals surface area contributed by atoms with Gasteiger partial charge in [-0.15, -0.1) is 0 Å². The predicted molar refractivity (Wildman–Crippen MR) is 13.0 cm³/mol. The summed E-state index contributed by atoms with van der Waals surface area (Å²) in [5, 5.41) is 7.94. The quantitative estimate of drug-likeness (QED) is 0.545. The molecule has 0 aromatic rings. The summed E-state index contributed by atoms with van der Waals surface area (Å²) in [6, 6.07) is 0. The first kappa shape index (κ1) is 10.4. The third-order valence-electron chi connectivity index (χ3n) is 0.193. The van der Waals surface area contributed by atoms with E-state index < -0.39 is 0 Å². The predicted octanol–water partition coefficient (Wildman–Crippen LogP) is -0.545. The molecule has 0 amide bonds. The van der Waals surface area contributed by atoms with Crippen molar-refractivity contribution in [1.29, 1.82) is 0 Å². The van der Waals surface area contributed by atoms with E-state index in [0.29, 0.717) is 6.61 Å². The molecule has 0 saturated heterocycles. The van der Waals surface area contributed by atoms with Crippen LogP contribution in [0.5, 0.6) is 0 Å². The van der Waals surface area contributed by atoms with Crippen molar-refractivity contribution >= 4 is 0 Å². The fraction of sp³-hybridized carbons (Fsp3) is 1.00. The van der Waals surface area contributed by atoms with Crippen LogP contribution in [-0.2, 0) is 45.9 Å². The van der Waals surface area contributed by atoms with E-state index in [2.05, 4.69) is 3.32 Å². The Morgan fingerprint density at radius 1 is 1.67 bits per heavy atom. The zero-order valence-electron chi connectivity index (χ0n) is 3.27. The Hall–Kier alpha value is 1.35. The van der Waals surface area contributed by atoms with E-state index in [1.807, 2.05) is 0 Å². The second kappa shape index (κ2) is 9.60. The molecular weight excluding hydrogens is 152 g/mol. The van der Waals surface area contributed by atoms with Crippen molar-refractivity contribution in [2.24, 2.45) is 0 Å². The third-order valence-corrected chi connectivity index (χ3v) is 0.512. The van der Waals surface area contributed by atoms with Crippen LogP contribution < -0.4 is 0 Å². The average Bonchev–Trinajstić information content (AvgIpc) is 1.41. The number of hydrogen-bond acceptors (Lipinski definition) is 2. The van der Waals surface area contributed by atoms with Crippen LogP contribution in [0.15, 0.2) is 0 Å². The molecule has 2 nitrogen and oxygen atoms in total. The largest absolute Gasteiger partial charge is 0 e. The molecule has 0 aliphatic carbocycles. The maximum absolute atomic E-state index is 7.94. The molecule has 0 aromatic carbocycles. The van der Waals surface area contributed by atoms with Crippen molar-refractivity contribution in [3.63, 3.8) is 0 Å². The van der Waals surface area contributed by atoms with Crippen molar-refractivity contribution < 1.29 is 51.0 Å². The van der Waals surface area contributed by atoms with Crippen molar-refractivity contribution in [3.05, 3.63) is 0 Å². The molecule has 0 heterocycles. The van der Waals surface area contributed by atoms with Gasteiger partial charge in [0.2, 0.25) is 0 Å². The molecular formula is C2H5O2Ti2. The van der Waals surface area contributed by atoms with E-state index in [1.54, 1.807) is 20.8 Å². The van der Waals surface area contributed by atoms with Crippen molar-refractivity contribution in [2.45, 2.75) is 0 Å². The van der Waals surface area contributed by atoms with Gasteiger partial charge in [-0.3, -0.25) is 0 Å². The minimum absolute atomic E-state index is 0. The van der Waals surface area contributed by atoms with E-state index >= 15 is 0 Å². The topological polar surface area (TPSA) is 29.5 Å². The average molecular weight is 157 g/mol. The summed E-state index contributed by atoms with van der Waals surface area (Å²) in [5.74, 6) is 0. The first-order valence-corrected chi connectivity index (χ1v) is 1.95. The SMILES string of the molecule is OCC[O][Ti].[Ti]. The third kappa shape index (κ3) is 9.02. The summed E-state index contributed by atoms with van der Waals surface area (Å²) in [4.78, 5) is 0. The van der Waals surface area contributed by atoms with Crippen molar-refractivity contribution in [3.8, 4) is 0 Å². The second-order valence-electron chi connectivity index (χ2n) is 0.572. The fourth-order valence-corrected chi connectivity index (χ4v) is 0.188. The number of hydrogen-bond donors (Lipinski definition) is 1. The van der Waals surface area contributed by atoms with Gasteiger partial charge in [0.25, 0.3) is 0 Å². The van der Waals surface area contributed by atoms with Crippen molar-refractivity contribution in [1.82, 2.24) is 0 Å². The monoisotopic (exact) mass is 157 g/mol. The smallest absolute Gasteiger partial charge is 0 e. The van der Waals surface area contributed by atoms with Crippen LogP contribution in [0.1, 0.15) is 0 Å². The number of rotatable bonds is 2. The van der Waals surface area contributed by atoms with Gasteiger partial charge in [0.15, 0.2) is 0 Å². The van der Waals surface area contributed by atoms with Crippen LogP contribution in [0, 0.1) is 0 Å². The molecule has 0 spiro atoms. The number of aliphatic hydroxyl groups excluding tert-OH is 1. The molecule has 0 saturated carbocycles. The Labute approximate surface area is 64.0 Å². The van der Waals surface area contributed by atoms with Gasteiger partial charge in [-0.1, -0.05) is 0 Å². The van der Waals surface area contributed by atoms with E-state index in [0.717, 1.165) is 0 Å². The molecule has 33 valence electrons. The van der Waals surface area contributed by atoms with Gasteiger partial charge in [-0.2, -0.15) is 0 Å². The molecule has 0 bridgehead atoms. The normalized spacial score (nSPS) is 6.67. The van der Waals surface area contributed by atoms with Gasteiger partial charge in [-0.05, 0) is 0 Å². The van der Waals surface area contributed by atoms with Crippen molar-refractivity contribution in [2.75, 3.05) is 13.2 Å². The molecule has 0 aliphatic heterocycles. The number of aliphatic hydroxyl groups is 1. The van der Waals surface area contributed by atoms with Crippen LogP contribution in [0.4, 0.5) is 0 Å². The molecule has 1 N–H and O–H groups in total. The van der Waals surface area contributed by atoms with Crippen LogP contribution in [0.25, 0.3) is 0 Å². The van der Waals surface area contributed by atoms with E-state index in [4.69, 9.17) is 5.11 Å². The molecule has 0 unspecified atom stereocenters. The standard InChI is InChI=1S/C2H5O2.2Ti/c3-1-2-4;;/h3H,1-2H2;;/q-1;;+1. The Kier molecular flexibility index (Phi) is 16.6. The van der Waals surface area contributed by atoms with Crippen LogP contribution >= 0.6 is 0 Å². The van der Waals surface area contributed by atoms with Gasteiger partial charge in [0.05, 0.1) is 0 Å². The summed E-state index contributed by atoms with van der Waals surface area (Å²) in [6.45, 7) is 0.566. The summed E-state index contributed by atoms with van der Waals surface area (Å²) >= 11 is 1.55. The van der Waals surface area contributed by atoms with Crippen LogP contribution in [0.3, 0.4) is 0 Å². The minimum Gasteiger partial charge on any atom is 0 e. The van der Waals surface area contributed by atoms with Crippen LogP contribution in [0.2, 0.25) is 0 Å². The zero-order valence-corrected chi connectivity index (χ0v) is 6.39. The zero-order chi connectivity index (χ0) is 4.12. The molecule has 0 aliphatic rings. The van der Waals surface area contributed by atoms with Gasteiger partial charge < -0.3 is 0 Å². The Balaban J connectivity index is 0. The molecule has 0 aromatic heterocycles. The fourth-order valence-electron chi connectivity index (χ4n) is 0.0456. The second-order valence-corrected chi connectivity index (χ2v) is 1.02. The Morgan fingerprint density at radius 3 is 2.17 bits per heavy atom. The first-order valence-electron chi connectivity index (χ1n) is 1.31. The van der Waals surface area contributed by atoms with Gasteiger partial charge in [0, 0.05) is 21.7 Å². The van der Waals surface area contributed by atoms with Gasteiger partial charge in [-0.25, -0.2) is 0 Å². The van der Waals surface area contributed by atoms with E-state index in [-0.39, 0.29) is 28.3 Å². The molecule has 0 radical (unpaired) electrons. The molecule has 6 heavy (non-hydrogen) atoms. The summed E-state index contributed by atoms with van der Waals surface area (Å²) in [6.07, 6.45) is 0. The molecule has 0 rings (SSSR count). The van der Waals surface area contributed by atoms with Crippen LogP contribution in [-0.4, -0.2) is 18.3 Å². The minimum atomic E-state index is 0. The maximum Gasteiger partial charge on any atom is 0 e. The first-order chi connectivity index (χ1) is 2.41. The summed E-state index contributed by atoms with van der Waals surface area (Å²) in [5.41, 5.74) is 0. The van der Waals surface area contributed by atoms with Gasteiger partial charge in [0.1, 0.15) is 0 Å². The van der Waals surface area contributed by atoms with E-state index in [1.165, 1.54) is 0 Å². The molecule has 0 atom stereocenters.